The molecule has 1 aromatic rings. The fraction of sp³-hybridized carbons (Fsp3) is 0.611. The summed E-state index contributed by atoms with van der Waals surface area (Å²) in [5.41, 5.74) is 0.612. The van der Waals surface area contributed by atoms with E-state index in [0.29, 0.717) is 47.9 Å². The Bertz CT molecular complexity index is 537. The molecular weight excluding hydrogens is 363 g/mol. The van der Waals surface area contributed by atoms with E-state index >= 15 is 0 Å². The van der Waals surface area contributed by atoms with Gasteiger partial charge in [0.1, 0.15) is 6.61 Å². The maximum Gasteiger partial charge on any atom is 0.224 e. The van der Waals surface area contributed by atoms with Crippen molar-refractivity contribution in [1.29, 1.82) is 0 Å². The molecule has 7 heteroatoms. The molecule has 0 saturated carbocycles. The molecule has 0 radical (unpaired) electrons. The lowest BCUT2D eigenvalue weighted by molar-refractivity contribution is -0.117. The van der Waals surface area contributed by atoms with Crippen LogP contribution in [0.4, 0.5) is 5.69 Å². The summed E-state index contributed by atoms with van der Waals surface area (Å²) in [4.78, 5) is 12.4. The van der Waals surface area contributed by atoms with Gasteiger partial charge < -0.3 is 20.1 Å². The van der Waals surface area contributed by atoms with Crippen LogP contribution in [-0.4, -0.2) is 39.3 Å². The van der Waals surface area contributed by atoms with Crippen LogP contribution in [0.2, 0.25) is 5.02 Å². The van der Waals surface area contributed by atoms with Crippen LogP contribution < -0.4 is 15.4 Å². The second-order valence-corrected chi connectivity index (χ2v) is 6.68. The van der Waals surface area contributed by atoms with Crippen molar-refractivity contribution >= 4 is 35.6 Å². The van der Waals surface area contributed by atoms with Gasteiger partial charge in [0.05, 0.1) is 17.3 Å². The molecule has 0 aliphatic carbocycles. The average molecular weight is 391 g/mol. The molecule has 1 aromatic carbocycles. The van der Waals surface area contributed by atoms with E-state index in [1.54, 1.807) is 25.3 Å². The molecule has 1 heterocycles. The third kappa shape index (κ3) is 7.02. The lowest BCUT2D eigenvalue weighted by Gasteiger charge is -2.28. The van der Waals surface area contributed by atoms with Crippen molar-refractivity contribution in [3.05, 3.63) is 23.2 Å². The maximum absolute atomic E-state index is 12.4. The summed E-state index contributed by atoms with van der Waals surface area (Å²) < 4.78 is 10.6. The number of hydrogen-bond donors (Lipinski definition) is 2. The number of amides is 1. The lowest BCUT2D eigenvalue weighted by atomic mass is 9.84. The van der Waals surface area contributed by atoms with Crippen molar-refractivity contribution in [3.8, 4) is 5.75 Å². The second kappa shape index (κ2) is 11.6. The Morgan fingerprint density at radius 1 is 1.36 bits per heavy atom. The number of ether oxygens (including phenoxy) is 2. The first-order valence-electron chi connectivity index (χ1n) is 8.52. The maximum atomic E-state index is 12.4. The zero-order valence-corrected chi connectivity index (χ0v) is 16.4. The SMILES string of the molecule is COCCOc1c(Cl)cccc1NC(=O)CC(C)C1CCNCC1.Cl. The summed E-state index contributed by atoms with van der Waals surface area (Å²) in [5, 5.41) is 6.78. The zero-order chi connectivity index (χ0) is 17.4. The van der Waals surface area contributed by atoms with Crippen LogP contribution in [-0.2, 0) is 9.53 Å². The number of hydrogen-bond acceptors (Lipinski definition) is 4. The number of piperidine rings is 1. The molecule has 142 valence electrons. The Morgan fingerprint density at radius 2 is 2.08 bits per heavy atom. The van der Waals surface area contributed by atoms with Crippen LogP contribution in [0.5, 0.6) is 5.75 Å². The van der Waals surface area contributed by atoms with Gasteiger partial charge in [-0.25, -0.2) is 0 Å². The monoisotopic (exact) mass is 390 g/mol. The molecule has 2 rings (SSSR count). The van der Waals surface area contributed by atoms with Crippen LogP contribution >= 0.6 is 24.0 Å². The summed E-state index contributed by atoms with van der Waals surface area (Å²) in [6.45, 7) is 5.09. The molecule has 0 aromatic heterocycles. The van der Waals surface area contributed by atoms with Crippen LogP contribution in [0.25, 0.3) is 0 Å². The van der Waals surface area contributed by atoms with Gasteiger partial charge in [-0.05, 0) is 49.9 Å². The molecule has 1 fully saturated rings. The van der Waals surface area contributed by atoms with E-state index in [1.807, 2.05) is 0 Å². The summed E-state index contributed by atoms with van der Waals surface area (Å²) in [6.07, 6.45) is 2.78. The van der Waals surface area contributed by atoms with Crippen molar-refractivity contribution < 1.29 is 14.3 Å². The molecule has 1 aliphatic rings. The van der Waals surface area contributed by atoms with Gasteiger partial charge in [-0.2, -0.15) is 0 Å². The van der Waals surface area contributed by atoms with Gasteiger partial charge in [0, 0.05) is 13.5 Å². The van der Waals surface area contributed by atoms with E-state index in [9.17, 15) is 4.79 Å². The largest absolute Gasteiger partial charge is 0.487 e. The van der Waals surface area contributed by atoms with Gasteiger partial charge in [0.2, 0.25) is 5.91 Å². The Morgan fingerprint density at radius 3 is 2.76 bits per heavy atom. The first-order chi connectivity index (χ1) is 11.6. The normalized spacial score (nSPS) is 16.0. The third-order valence-corrected chi connectivity index (χ3v) is 4.77. The highest BCUT2D eigenvalue weighted by atomic mass is 35.5. The van der Waals surface area contributed by atoms with Gasteiger partial charge in [-0.15, -0.1) is 12.4 Å². The van der Waals surface area contributed by atoms with Gasteiger partial charge in [-0.1, -0.05) is 24.6 Å². The Labute approximate surface area is 161 Å². The van der Waals surface area contributed by atoms with E-state index in [-0.39, 0.29) is 18.3 Å². The molecule has 1 aliphatic heterocycles. The van der Waals surface area contributed by atoms with Gasteiger partial charge >= 0.3 is 0 Å². The molecule has 1 saturated heterocycles. The van der Waals surface area contributed by atoms with E-state index in [2.05, 4.69) is 17.6 Å². The highest BCUT2D eigenvalue weighted by Crippen LogP contribution is 2.33. The standard InChI is InChI=1S/C18H27ClN2O3.ClH/c1-13(14-6-8-20-9-7-14)12-17(22)21-16-5-3-4-15(19)18(16)24-11-10-23-2;/h3-5,13-14,20H,6-12H2,1-2H3,(H,21,22);1H. The molecule has 1 unspecified atom stereocenters. The van der Waals surface area contributed by atoms with Crippen molar-refractivity contribution in [3.63, 3.8) is 0 Å². The lowest BCUT2D eigenvalue weighted by Crippen LogP contribution is -2.32. The van der Waals surface area contributed by atoms with Crippen molar-refractivity contribution in [2.24, 2.45) is 11.8 Å². The Hall–Kier alpha value is -1.01. The molecule has 0 bridgehead atoms. The number of nitrogens with one attached hydrogen (secondary N) is 2. The average Bonchev–Trinajstić information content (AvgIpc) is 2.58. The predicted molar refractivity (Wildman–Crippen MR) is 104 cm³/mol. The summed E-state index contributed by atoms with van der Waals surface area (Å²) in [6, 6.07) is 5.36. The molecule has 1 atom stereocenters. The molecule has 1 amide bonds. The van der Waals surface area contributed by atoms with E-state index in [4.69, 9.17) is 21.1 Å². The van der Waals surface area contributed by atoms with E-state index in [1.165, 1.54) is 0 Å². The van der Waals surface area contributed by atoms with Gasteiger partial charge in [0.15, 0.2) is 5.75 Å². The van der Waals surface area contributed by atoms with Crippen molar-refractivity contribution in [1.82, 2.24) is 5.32 Å². The predicted octanol–water partition coefficient (Wildman–Crippen LogP) is 3.75. The summed E-state index contributed by atoms with van der Waals surface area (Å²) in [5.74, 6) is 1.47. The summed E-state index contributed by atoms with van der Waals surface area (Å²) in [7, 11) is 1.61. The molecular formula is C18H28Cl2N2O3. The number of para-hydroxylation sites is 1. The third-order valence-electron chi connectivity index (χ3n) is 4.47. The minimum Gasteiger partial charge on any atom is -0.487 e. The fourth-order valence-corrected chi connectivity index (χ4v) is 3.28. The smallest absolute Gasteiger partial charge is 0.224 e. The van der Waals surface area contributed by atoms with E-state index < -0.39 is 0 Å². The topological polar surface area (TPSA) is 59.6 Å². The number of anilines is 1. The van der Waals surface area contributed by atoms with Crippen LogP contribution in [0.3, 0.4) is 0 Å². The minimum absolute atomic E-state index is 0. The second-order valence-electron chi connectivity index (χ2n) is 6.27. The molecule has 5 nitrogen and oxygen atoms in total. The van der Waals surface area contributed by atoms with Crippen molar-refractivity contribution in [2.45, 2.75) is 26.2 Å². The number of carbonyl (C=O) groups is 1. The molecule has 2 N–H and O–H groups in total. The highest BCUT2D eigenvalue weighted by molar-refractivity contribution is 6.32. The first kappa shape index (κ1) is 22.0. The summed E-state index contributed by atoms with van der Waals surface area (Å²) >= 11 is 6.20. The van der Waals surface area contributed by atoms with Gasteiger partial charge in [0.25, 0.3) is 0 Å². The van der Waals surface area contributed by atoms with Crippen LogP contribution in [0.15, 0.2) is 18.2 Å². The molecule has 0 spiro atoms. The minimum atomic E-state index is -0.000101. The highest BCUT2D eigenvalue weighted by Gasteiger charge is 2.22. The first-order valence-corrected chi connectivity index (χ1v) is 8.90. The number of carbonyl (C=O) groups excluding carboxylic acids is 1. The van der Waals surface area contributed by atoms with Gasteiger partial charge in [-0.3, -0.25) is 4.79 Å². The number of halogens is 2. The number of benzene rings is 1. The van der Waals surface area contributed by atoms with Crippen LogP contribution in [0, 0.1) is 11.8 Å². The number of rotatable bonds is 8. The van der Waals surface area contributed by atoms with E-state index in [0.717, 1.165) is 25.9 Å². The molecule has 25 heavy (non-hydrogen) atoms. The Kier molecular flexibility index (Phi) is 10.2. The zero-order valence-electron chi connectivity index (χ0n) is 14.8. The number of methoxy groups -OCH3 is 1. The fourth-order valence-electron chi connectivity index (χ4n) is 3.05. The quantitative estimate of drug-likeness (QED) is 0.663. The van der Waals surface area contributed by atoms with Crippen molar-refractivity contribution in [2.75, 3.05) is 38.7 Å². The van der Waals surface area contributed by atoms with Crippen LogP contribution in [0.1, 0.15) is 26.2 Å². The Balaban J connectivity index is 0.00000312.